The van der Waals surface area contributed by atoms with E-state index < -0.39 is 11.0 Å². The van der Waals surface area contributed by atoms with Crippen molar-refractivity contribution in [2.45, 2.75) is 19.0 Å². The van der Waals surface area contributed by atoms with Crippen LogP contribution in [-0.2, 0) is 4.79 Å². The molecule has 0 bridgehead atoms. The van der Waals surface area contributed by atoms with E-state index in [1.165, 1.54) is 20.1 Å². The van der Waals surface area contributed by atoms with Crippen LogP contribution < -0.4 is 20.3 Å². The fourth-order valence-electron chi connectivity index (χ4n) is 4.55. The molecule has 4 aromatic rings. The molecule has 1 fully saturated rings. The van der Waals surface area contributed by atoms with E-state index >= 15 is 0 Å². The van der Waals surface area contributed by atoms with Crippen LogP contribution in [0.15, 0.2) is 83.4 Å². The third-order valence-electron chi connectivity index (χ3n) is 6.15. The molecule has 2 aromatic carbocycles. The zero-order valence-electron chi connectivity index (χ0n) is 20.5. The van der Waals surface area contributed by atoms with E-state index in [-0.39, 0.29) is 17.6 Å². The lowest BCUT2D eigenvalue weighted by molar-refractivity contribution is -0.384. The van der Waals surface area contributed by atoms with Gasteiger partial charge in [0.1, 0.15) is 23.3 Å². The minimum Gasteiger partial charge on any atom is -0.495 e. The Morgan fingerprint density at radius 1 is 1.16 bits per heavy atom. The van der Waals surface area contributed by atoms with Crippen molar-refractivity contribution >= 4 is 40.3 Å². The SMILES string of the molecule is COc1ccc(N2C(=S)N[C@H](c3ccccn3)[C@@H]2c2ccc(-c3ccccc3[N+](=O)[O-])o2)cc1NC(C)=O. The average molecular weight is 530 g/mol. The van der Waals surface area contributed by atoms with Gasteiger partial charge in [0.25, 0.3) is 5.69 Å². The molecule has 0 radical (unpaired) electrons. The maximum absolute atomic E-state index is 11.8. The molecule has 192 valence electrons. The van der Waals surface area contributed by atoms with Crippen LogP contribution in [0.5, 0.6) is 5.75 Å². The van der Waals surface area contributed by atoms with Crippen molar-refractivity contribution < 1.29 is 18.9 Å². The quantitative estimate of drug-likeness (QED) is 0.184. The third-order valence-corrected chi connectivity index (χ3v) is 6.47. The van der Waals surface area contributed by atoms with E-state index in [0.717, 1.165) is 5.69 Å². The number of nitro groups is 1. The molecule has 11 heteroatoms. The second-order valence-corrected chi connectivity index (χ2v) is 8.93. The number of furan rings is 1. The molecule has 1 saturated heterocycles. The van der Waals surface area contributed by atoms with Gasteiger partial charge >= 0.3 is 0 Å². The van der Waals surface area contributed by atoms with Crippen molar-refractivity contribution in [2.75, 3.05) is 17.3 Å². The van der Waals surface area contributed by atoms with Gasteiger partial charge in [0, 0.05) is 24.9 Å². The van der Waals surface area contributed by atoms with Crippen LogP contribution in [0.4, 0.5) is 17.1 Å². The van der Waals surface area contributed by atoms with E-state index in [1.54, 1.807) is 48.7 Å². The Hall–Kier alpha value is -4.77. The molecule has 38 heavy (non-hydrogen) atoms. The van der Waals surface area contributed by atoms with E-state index in [0.29, 0.717) is 39.3 Å². The second kappa shape index (κ2) is 10.3. The first kappa shape index (κ1) is 24.9. The number of nitrogens with one attached hydrogen (secondary N) is 2. The second-order valence-electron chi connectivity index (χ2n) is 8.54. The molecular weight excluding hydrogens is 506 g/mol. The number of pyridine rings is 1. The highest BCUT2D eigenvalue weighted by atomic mass is 32.1. The van der Waals surface area contributed by atoms with Crippen molar-refractivity contribution in [3.8, 4) is 17.1 Å². The van der Waals surface area contributed by atoms with Crippen LogP contribution in [0.2, 0.25) is 0 Å². The Morgan fingerprint density at radius 2 is 1.95 bits per heavy atom. The number of hydrogen-bond donors (Lipinski definition) is 2. The lowest BCUT2D eigenvalue weighted by Crippen LogP contribution is -2.29. The van der Waals surface area contributed by atoms with Crippen molar-refractivity contribution in [3.63, 3.8) is 0 Å². The van der Waals surface area contributed by atoms with Crippen LogP contribution in [-0.4, -0.2) is 28.0 Å². The lowest BCUT2D eigenvalue weighted by atomic mass is 10.0. The number of hydrogen-bond acceptors (Lipinski definition) is 7. The number of thiocarbonyl (C=S) groups is 1. The topological polar surface area (TPSA) is 123 Å². The number of nitro benzene ring substituents is 1. The first-order valence-electron chi connectivity index (χ1n) is 11.7. The summed E-state index contributed by atoms with van der Waals surface area (Å²) in [7, 11) is 1.52. The van der Waals surface area contributed by atoms with Gasteiger partial charge in [0.15, 0.2) is 5.11 Å². The summed E-state index contributed by atoms with van der Waals surface area (Å²) in [5.41, 5.74) is 2.22. The monoisotopic (exact) mass is 529 g/mol. The van der Waals surface area contributed by atoms with E-state index in [4.69, 9.17) is 21.4 Å². The van der Waals surface area contributed by atoms with Crippen molar-refractivity contribution in [1.29, 1.82) is 0 Å². The van der Waals surface area contributed by atoms with E-state index in [2.05, 4.69) is 15.6 Å². The third kappa shape index (κ3) is 4.66. The summed E-state index contributed by atoms with van der Waals surface area (Å²) in [6.45, 7) is 1.42. The van der Waals surface area contributed by atoms with E-state index in [1.807, 2.05) is 29.2 Å². The molecule has 1 aliphatic heterocycles. The average Bonchev–Trinajstić information content (AvgIpc) is 3.53. The van der Waals surface area contributed by atoms with Crippen LogP contribution >= 0.6 is 12.2 Å². The minimum atomic E-state index is -0.493. The standard InChI is InChI=1S/C27H23N5O5S/c1-16(33)29-20-15-17(10-11-23(20)36-2)31-26(25(30-27(31)38)19-8-5-6-14-28-19)24-13-12-22(37-24)18-7-3-4-9-21(18)32(34)35/h3-15,25-26H,1-2H3,(H,29,33)(H,30,38)/t25-,26+/m1/s1. The number of rotatable bonds is 7. The van der Waals surface area contributed by atoms with Gasteiger partial charge in [-0.15, -0.1) is 0 Å². The Morgan fingerprint density at radius 3 is 2.66 bits per heavy atom. The molecule has 2 N–H and O–H groups in total. The summed E-state index contributed by atoms with van der Waals surface area (Å²) in [6.07, 6.45) is 1.70. The molecular formula is C27H23N5O5S. The summed E-state index contributed by atoms with van der Waals surface area (Å²) in [4.78, 5) is 29.4. The number of carbonyl (C=O) groups excluding carboxylic acids is 1. The molecule has 0 saturated carbocycles. The molecule has 1 amide bonds. The van der Waals surface area contributed by atoms with Gasteiger partial charge in [-0.2, -0.15) is 0 Å². The minimum absolute atomic E-state index is 0.0540. The molecule has 3 heterocycles. The van der Waals surface area contributed by atoms with Crippen molar-refractivity contribution in [3.05, 3.63) is 101 Å². The zero-order valence-corrected chi connectivity index (χ0v) is 21.3. The molecule has 5 rings (SSSR count). The number of carbonyl (C=O) groups is 1. The number of benzene rings is 2. The Balaban J connectivity index is 1.62. The van der Waals surface area contributed by atoms with Crippen LogP contribution in [0.3, 0.4) is 0 Å². The van der Waals surface area contributed by atoms with Crippen LogP contribution in [0.25, 0.3) is 11.3 Å². The molecule has 10 nitrogen and oxygen atoms in total. The predicted octanol–water partition coefficient (Wildman–Crippen LogP) is 5.39. The Labute approximate surface area is 223 Å². The van der Waals surface area contributed by atoms with Gasteiger partial charge in [-0.25, -0.2) is 0 Å². The van der Waals surface area contributed by atoms with Gasteiger partial charge in [0.2, 0.25) is 5.91 Å². The van der Waals surface area contributed by atoms with Crippen molar-refractivity contribution in [1.82, 2.24) is 10.3 Å². The van der Waals surface area contributed by atoms with Gasteiger partial charge in [-0.05, 0) is 60.7 Å². The summed E-state index contributed by atoms with van der Waals surface area (Å²) in [6, 6.07) is 20.0. The highest BCUT2D eigenvalue weighted by molar-refractivity contribution is 7.80. The number of methoxy groups -OCH3 is 1. The first-order chi connectivity index (χ1) is 18.4. The molecule has 0 aliphatic carbocycles. The fraction of sp³-hybridized carbons (Fsp3) is 0.148. The highest BCUT2D eigenvalue weighted by Crippen LogP contribution is 2.44. The maximum Gasteiger partial charge on any atom is 0.280 e. The van der Waals surface area contributed by atoms with Gasteiger partial charge in [0.05, 0.1) is 35.0 Å². The fourth-order valence-corrected chi connectivity index (χ4v) is 4.90. The van der Waals surface area contributed by atoms with Gasteiger partial charge < -0.3 is 24.7 Å². The molecule has 1 aliphatic rings. The summed E-state index contributed by atoms with van der Waals surface area (Å²) < 4.78 is 11.7. The summed E-state index contributed by atoms with van der Waals surface area (Å²) in [5, 5.41) is 18.2. The lowest BCUT2D eigenvalue weighted by Gasteiger charge is -2.27. The summed E-state index contributed by atoms with van der Waals surface area (Å²) >= 11 is 5.76. The normalized spacial score (nSPS) is 16.7. The number of nitrogens with zero attached hydrogens (tertiary/aromatic N) is 3. The number of anilines is 2. The summed E-state index contributed by atoms with van der Waals surface area (Å²) in [5.74, 6) is 1.14. The van der Waals surface area contributed by atoms with E-state index in [9.17, 15) is 14.9 Å². The predicted molar refractivity (Wildman–Crippen MR) is 146 cm³/mol. The highest BCUT2D eigenvalue weighted by Gasteiger charge is 2.43. The van der Waals surface area contributed by atoms with Gasteiger partial charge in [-0.1, -0.05) is 18.2 Å². The molecule has 2 aromatic heterocycles. The molecule has 0 spiro atoms. The Bertz CT molecular complexity index is 1520. The van der Waals surface area contributed by atoms with Gasteiger partial charge in [-0.3, -0.25) is 19.9 Å². The number of aromatic nitrogens is 1. The zero-order chi connectivity index (χ0) is 26.8. The molecule has 2 atom stereocenters. The molecule has 0 unspecified atom stereocenters. The first-order valence-corrected chi connectivity index (χ1v) is 12.1. The number of para-hydroxylation sites is 1. The smallest absolute Gasteiger partial charge is 0.280 e. The van der Waals surface area contributed by atoms with Crippen LogP contribution in [0.1, 0.15) is 30.5 Å². The number of ether oxygens (including phenoxy) is 1. The van der Waals surface area contributed by atoms with Crippen LogP contribution in [0, 0.1) is 10.1 Å². The Kier molecular flexibility index (Phi) is 6.75. The number of amides is 1. The van der Waals surface area contributed by atoms with Crippen molar-refractivity contribution in [2.24, 2.45) is 0 Å². The maximum atomic E-state index is 11.8. The largest absolute Gasteiger partial charge is 0.495 e.